The topological polar surface area (TPSA) is 47.9 Å². The molecule has 0 aliphatic rings. The highest BCUT2D eigenvalue weighted by atomic mass is 16.6. The molecule has 0 saturated carbocycles. The molecule has 0 aromatic heterocycles. The molecule has 0 fully saturated rings. The number of hydrogen-bond acceptors (Lipinski definition) is 4. The zero-order chi connectivity index (χ0) is 11.8. The average molecular weight is 221 g/mol. The molecular weight excluding hydrogens is 206 g/mol. The maximum Gasteiger partial charge on any atom is 0.311 e. The van der Waals surface area contributed by atoms with Gasteiger partial charge in [0.05, 0.1) is 19.2 Å². The Morgan fingerprint density at radius 3 is 2.62 bits per heavy atom. The number of ether oxygens (including phenoxy) is 1. The van der Waals surface area contributed by atoms with E-state index in [1.807, 2.05) is 30.3 Å². The molecule has 16 heavy (non-hydrogen) atoms. The van der Waals surface area contributed by atoms with Crippen LogP contribution in [0.4, 0.5) is 0 Å². The highest BCUT2D eigenvalue weighted by molar-refractivity contribution is 5.97. The van der Waals surface area contributed by atoms with Crippen LogP contribution in [0.3, 0.4) is 0 Å². The Hall–Kier alpha value is -1.84. The molecule has 0 spiro atoms. The van der Waals surface area contributed by atoms with Gasteiger partial charge in [0.2, 0.25) is 0 Å². The Bertz CT molecular complexity index is 360. The number of nitrogens with zero attached hydrogens (tertiary/aromatic N) is 1. The summed E-state index contributed by atoms with van der Waals surface area (Å²) in [5.74, 6) is -0.315. The van der Waals surface area contributed by atoms with E-state index in [0.29, 0.717) is 12.3 Å². The quantitative estimate of drug-likeness (QED) is 0.435. The molecule has 0 aliphatic heterocycles. The fourth-order valence-electron chi connectivity index (χ4n) is 1.10. The third-order valence-corrected chi connectivity index (χ3v) is 1.92. The standard InChI is InChI=1S/C12H15NO3/c1-10(8-12(14)15-2)13-16-9-11-6-4-3-5-7-11/h3-7H,8-9H2,1-2H3/b13-10-. The number of oxime groups is 1. The molecule has 4 heteroatoms. The molecule has 0 amide bonds. The van der Waals surface area contributed by atoms with Gasteiger partial charge >= 0.3 is 5.97 Å². The van der Waals surface area contributed by atoms with Gasteiger partial charge in [0.25, 0.3) is 0 Å². The van der Waals surface area contributed by atoms with E-state index in [9.17, 15) is 4.79 Å². The summed E-state index contributed by atoms with van der Waals surface area (Å²) in [6.07, 6.45) is 0.158. The lowest BCUT2D eigenvalue weighted by atomic mass is 10.2. The molecular formula is C12H15NO3. The van der Waals surface area contributed by atoms with Gasteiger partial charge in [0, 0.05) is 0 Å². The molecule has 0 N–H and O–H groups in total. The minimum Gasteiger partial charge on any atom is -0.469 e. The number of esters is 1. The van der Waals surface area contributed by atoms with Crippen molar-refractivity contribution in [1.29, 1.82) is 0 Å². The van der Waals surface area contributed by atoms with Crippen LogP contribution < -0.4 is 0 Å². The lowest BCUT2D eigenvalue weighted by Crippen LogP contribution is -2.06. The molecule has 1 aromatic carbocycles. The number of rotatable bonds is 5. The fraction of sp³-hybridized carbons (Fsp3) is 0.333. The van der Waals surface area contributed by atoms with Gasteiger partial charge in [-0.25, -0.2) is 0 Å². The van der Waals surface area contributed by atoms with Crippen LogP contribution in [0.15, 0.2) is 35.5 Å². The second-order valence-electron chi connectivity index (χ2n) is 3.34. The van der Waals surface area contributed by atoms with Crippen LogP contribution in [0, 0.1) is 0 Å². The average Bonchev–Trinajstić information content (AvgIpc) is 2.30. The van der Waals surface area contributed by atoms with E-state index in [1.165, 1.54) is 7.11 Å². The van der Waals surface area contributed by atoms with Crippen molar-refractivity contribution in [3.8, 4) is 0 Å². The fourth-order valence-corrected chi connectivity index (χ4v) is 1.10. The highest BCUT2D eigenvalue weighted by Gasteiger charge is 2.02. The van der Waals surface area contributed by atoms with Gasteiger partial charge in [-0.2, -0.15) is 0 Å². The van der Waals surface area contributed by atoms with E-state index >= 15 is 0 Å². The Labute approximate surface area is 94.9 Å². The first-order valence-electron chi connectivity index (χ1n) is 4.98. The predicted octanol–water partition coefficient (Wildman–Crippen LogP) is 2.14. The molecule has 1 aromatic rings. The third-order valence-electron chi connectivity index (χ3n) is 1.92. The molecule has 0 unspecified atom stereocenters. The van der Waals surface area contributed by atoms with Crippen molar-refractivity contribution in [2.45, 2.75) is 20.0 Å². The maximum atomic E-state index is 10.9. The number of benzene rings is 1. The van der Waals surface area contributed by atoms with Gasteiger partial charge in [-0.3, -0.25) is 4.79 Å². The first-order chi connectivity index (χ1) is 7.72. The molecule has 1 rings (SSSR count). The van der Waals surface area contributed by atoms with E-state index in [2.05, 4.69) is 9.89 Å². The van der Waals surface area contributed by atoms with Crippen molar-refractivity contribution in [3.05, 3.63) is 35.9 Å². The second-order valence-corrected chi connectivity index (χ2v) is 3.34. The molecule has 0 atom stereocenters. The summed E-state index contributed by atoms with van der Waals surface area (Å²) in [5.41, 5.74) is 1.64. The molecule has 86 valence electrons. The van der Waals surface area contributed by atoms with Gasteiger partial charge in [-0.05, 0) is 12.5 Å². The van der Waals surface area contributed by atoms with Gasteiger partial charge in [-0.1, -0.05) is 35.5 Å². The summed E-state index contributed by atoms with van der Waals surface area (Å²) >= 11 is 0. The SMILES string of the molecule is COC(=O)C/C(C)=N\OCc1ccccc1. The van der Waals surface area contributed by atoms with Crippen molar-refractivity contribution >= 4 is 11.7 Å². The van der Waals surface area contributed by atoms with E-state index < -0.39 is 0 Å². The Balaban J connectivity index is 2.34. The smallest absolute Gasteiger partial charge is 0.311 e. The molecule has 0 saturated heterocycles. The Morgan fingerprint density at radius 1 is 1.31 bits per heavy atom. The normalized spacial score (nSPS) is 11.0. The summed E-state index contributed by atoms with van der Waals surface area (Å²) in [5, 5.41) is 3.82. The van der Waals surface area contributed by atoms with E-state index in [4.69, 9.17) is 4.84 Å². The highest BCUT2D eigenvalue weighted by Crippen LogP contribution is 2.01. The Morgan fingerprint density at radius 2 is 2.00 bits per heavy atom. The summed E-state index contributed by atoms with van der Waals surface area (Å²) in [4.78, 5) is 16.0. The summed E-state index contributed by atoms with van der Waals surface area (Å²) in [6.45, 7) is 2.13. The van der Waals surface area contributed by atoms with Gasteiger partial charge in [0.15, 0.2) is 0 Å². The number of carbonyl (C=O) groups excluding carboxylic acids is 1. The van der Waals surface area contributed by atoms with Gasteiger partial charge < -0.3 is 9.57 Å². The monoisotopic (exact) mass is 221 g/mol. The maximum absolute atomic E-state index is 10.9. The summed E-state index contributed by atoms with van der Waals surface area (Å²) in [6, 6.07) is 9.71. The van der Waals surface area contributed by atoms with Crippen molar-refractivity contribution in [2.75, 3.05) is 7.11 Å². The second kappa shape index (κ2) is 6.61. The van der Waals surface area contributed by atoms with E-state index in [1.54, 1.807) is 6.92 Å². The molecule has 0 bridgehead atoms. The van der Waals surface area contributed by atoms with E-state index in [0.717, 1.165) is 5.56 Å². The minimum absolute atomic E-state index is 0.158. The van der Waals surface area contributed by atoms with Crippen LogP contribution >= 0.6 is 0 Å². The number of carbonyl (C=O) groups is 1. The first kappa shape index (κ1) is 12.2. The van der Waals surface area contributed by atoms with Crippen molar-refractivity contribution in [1.82, 2.24) is 0 Å². The summed E-state index contributed by atoms with van der Waals surface area (Å²) in [7, 11) is 1.35. The van der Waals surface area contributed by atoms with Crippen LogP contribution in [-0.4, -0.2) is 18.8 Å². The van der Waals surface area contributed by atoms with Crippen LogP contribution in [-0.2, 0) is 21.0 Å². The van der Waals surface area contributed by atoms with Gasteiger partial charge in [-0.15, -0.1) is 0 Å². The Kier molecular flexibility index (Phi) is 5.05. The molecule has 0 radical (unpaired) electrons. The van der Waals surface area contributed by atoms with Crippen LogP contribution in [0.1, 0.15) is 18.9 Å². The molecule has 0 aliphatic carbocycles. The molecule has 0 heterocycles. The van der Waals surface area contributed by atoms with Crippen molar-refractivity contribution in [3.63, 3.8) is 0 Å². The van der Waals surface area contributed by atoms with Crippen LogP contribution in [0.5, 0.6) is 0 Å². The third kappa shape index (κ3) is 4.59. The van der Waals surface area contributed by atoms with E-state index in [-0.39, 0.29) is 12.4 Å². The minimum atomic E-state index is -0.315. The van der Waals surface area contributed by atoms with Crippen LogP contribution in [0.2, 0.25) is 0 Å². The zero-order valence-electron chi connectivity index (χ0n) is 9.47. The number of hydrogen-bond donors (Lipinski definition) is 0. The summed E-state index contributed by atoms with van der Waals surface area (Å²) < 4.78 is 4.51. The van der Waals surface area contributed by atoms with Crippen LogP contribution in [0.25, 0.3) is 0 Å². The van der Waals surface area contributed by atoms with Gasteiger partial charge in [0.1, 0.15) is 6.61 Å². The predicted molar refractivity (Wildman–Crippen MR) is 61.0 cm³/mol. The van der Waals surface area contributed by atoms with Crippen molar-refractivity contribution < 1.29 is 14.4 Å². The number of methoxy groups -OCH3 is 1. The molecule has 4 nitrogen and oxygen atoms in total. The van der Waals surface area contributed by atoms with Crippen molar-refractivity contribution in [2.24, 2.45) is 5.16 Å². The lowest BCUT2D eigenvalue weighted by molar-refractivity contribution is -0.139. The zero-order valence-corrected chi connectivity index (χ0v) is 9.47. The first-order valence-corrected chi connectivity index (χ1v) is 4.98. The largest absolute Gasteiger partial charge is 0.469 e. The lowest BCUT2D eigenvalue weighted by Gasteiger charge is -2.01.